The van der Waals surface area contributed by atoms with Crippen LogP contribution in [-0.4, -0.2) is 4.98 Å². The average molecular weight is 296 g/mol. The quantitative estimate of drug-likeness (QED) is 0.738. The van der Waals surface area contributed by atoms with Crippen molar-refractivity contribution in [3.05, 3.63) is 50.6 Å². The summed E-state index contributed by atoms with van der Waals surface area (Å²) in [7, 11) is 0. The number of halogens is 2. The van der Waals surface area contributed by atoms with Gasteiger partial charge in [-0.3, -0.25) is 0 Å². The molecule has 0 aliphatic carbocycles. The van der Waals surface area contributed by atoms with Crippen LogP contribution in [0.15, 0.2) is 18.2 Å². The summed E-state index contributed by atoms with van der Waals surface area (Å²) in [5.41, 5.74) is 3.61. The minimum atomic E-state index is 0.540. The number of hydrogen-bond acceptors (Lipinski definition) is 2. The Morgan fingerprint density at radius 2 is 1.53 bits per heavy atom. The van der Waals surface area contributed by atoms with Crippen LogP contribution in [-0.2, 0) is 0 Å². The van der Waals surface area contributed by atoms with Crippen LogP contribution < -0.4 is 4.74 Å². The van der Waals surface area contributed by atoms with Gasteiger partial charge >= 0.3 is 0 Å². The maximum Gasteiger partial charge on any atom is 0.223 e. The highest BCUT2D eigenvalue weighted by molar-refractivity contribution is 6.31. The molecule has 0 aliphatic heterocycles. The van der Waals surface area contributed by atoms with Gasteiger partial charge in [-0.2, -0.15) is 0 Å². The van der Waals surface area contributed by atoms with E-state index in [1.54, 1.807) is 0 Å². The van der Waals surface area contributed by atoms with Crippen molar-refractivity contribution < 1.29 is 4.74 Å². The van der Waals surface area contributed by atoms with Gasteiger partial charge in [-0.1, -0.05) is 23.2 Å². The summed E-state index contributed by atoms with van der Waals surface area (Å²) < 4.78 is 5.93. The smallest absolute Gasteiger partial charge is 0.223 e. The van der Waals surface area contributed by atoms with Gasteiger partial charge in [0.05, 0.1) is 5.02 Å². The number of aromatic nitrogens is 1. The summed E-state index contributed by atoms with van der Waals surface area (Å²) in [6, 6.07) is 5.57. The Kier molecular flexibility index (Phi) is 4.02. The maximum absolute atomic E-state index is 6.15. The standard InChI is InChI=1S/C15H15Cl2NO/c1-8-5-12(16)6-9(2)14(8)19-15-11(4)13(17)7-10(3)18-15/h5-7H,1-4H3. The van der Waals surface area contributed by atoms with Gasteiger partial charge < -0.3 is 4.74 Å². The lowest BCUT2D eigenvalue weighted by Crippen LogP contribution is -1.97. The number of aryl methyl sites for hydroxylation is 3. The molecule has 0 amide bonds. The van der Waals surface area contributed by atoms with E-state index in [1.165, 1.54) is 0 Å². The Morgan fingerprint density at radius 1 is 0.947 bits per heavy atom. The summed E-state index contributed by atoms with van der Waals surface area (Å²) in [4.78, 5) is 4.39. The van der Waals surface area contributed by atoms with E-state index >= 15 is 0 Å². The molecule has 1 aromatic heterocycles. The molecular weight excluding hydrogens is 281 g/mol. The van der Waals surface area contributed by atoms with Crippen LogP contribution in [0.5, 0.6) is 11.6 Å². The molecule has 4 heteroatoms. The molecule has 0 unspecified atom stereocenters. The first-order chi connectivity index (χ1) is 8.88. The van der Waals surface area contributed by atoms with Crippen molar-refractivity contribution in [1.29, 1.82) is 0 Å². The molecule has 1 heterocycles. The lowest BCUT2D eigenvalue weighted by Gasteiger charge is -2.14. The third kappa shape index (κ3) is 3.02. The van der Waals surface area contributed by atoms with Gasteiger partial charge in [0.1, 0.15) is 5.75 Å². The Morgan fingerprint density at radius 3 is 2.11 bits per heavy atom. The molecule has 0 atom stereocenters. The van der Waals surface area contributed by atoms with E-state index in [0.29, 0.717) is 15.9 Å². The van der Waals surface area contributed by atoms with Gasteiger partial charge in [-0.05, 0) is 57.0 Å². The molecule has 2 nitrogen and oxygen atoms in total. The predicted molar refractivity (Wildman–Crippen MR) is 79.7 cm³/mol. The van der Waals surface area contributed by atoms with Gasteiger partial charge in [-0.25, -0.2) is 4.98 Å². The van der Waals surface area contributed by atoms with Crippen LogP contribution in [0.25, 0.3) is 0 Å². The number of nitrogens with zero attached hydrogens (tertiary/aromatic N) is 1. The van der Waals surface area contributed by atoms with E-state index in [1.807, 2.05) is 45.9 Å². The van der Waals surface area contributed by atoms with Gasteiger partial charge in [0.15, 0.2) is 0 Å². The third-order valence-electron chi connectivity index (χ3n) is 2.92. The van der Waals surface area contributed by atoms with E-state index < -0.39 is 0 Å². The summed E-state index contributed by atoms with van der Waals surface area (Å²) in [6.45, 7) is 7.70. The number of rotatable bonds is 2. The lowest BCUT2D eigenvalue weighted by molar-refractivity contribution is 0.451. The van der Waals surface area contributed by atoms with Crippen LogP contribution in [0, 0.1) is 27.7 Å². The number of benzene rings is 1. The van der Waals surface area contributed by atoms with Gasteiger partial charge in [-0.15, -0.1) is 0 Å². The van der Waals surface area contributed by atoms with Crippen LogP contribution in [0.1, 0.15) is 22.4 Å². The Bertz CT molecular complexity index is 615. The molecule has 2 rings (SSSR count). The molecule has 0 fully saturated rings. The van der Waals surface area contributed by atoms with Gasteiger partial charge in [0.25, 0.3) is 0 Å². The fourth-order valence-corrected chi connectivity index (χ4v) is 2.49. The summed E-state index contributed by atoms with van der Waals surface area (Å²) in [6.07, 6.45) is 0. The van der Waals surface area contributed by atoms with E-state index in [2.05, 4.69) is 4.98 Å². The second kappa shape index (κ2) is 5.40. The van der Waals surface area contributed by atoms with Gasteiger partial charge in [0.2, 0.25) is 5.88 Å². The monoisotopic (exact) mass is 295 g/mol. The third-order valence-corrected chi connectivity index (χ3v) is 3.53. The van der Waals surface area contributed by atoms with Crippen molar-refractivity contribution in [2.24, 2.45) is 0 Å². The summed E-state index contributed by atoms with van der Waals surface area (Å²) >= 11 is 12.2. The Balaban J connectivity index is 2.48. The van der Waals surface area contributed by atoms with Crippen molar-refractivity contribution in [2.75, 3.05) is 0 Å². The lowest BCUT2D eigenvalue weighted by atomic mass is 10.1. The number of hydrogen-bond donors (Lipinski definition) is 0. The highest BCUT2D eigenvalue weighted by Crippen LogP contribution is 2.33. The zero-order valence-corrected chi connectivity index (χ0v) is 12.9. The predicted octanol–water partition coefficient (Wildman–Crippen LogP) is 5.41. The van der Waals surface area contributed by atoms with Crippen LogP contribution in [0.2, 0.25) is 10.0 Å². The fraction of sp³-hybridized carbons (Fsp3) is 0.267. The van der Waals surface area contributed by atoms with Crippen molar-refractivity contribution in [3.8, 4) is 11.6 Å². The SMILES string of the molecule is Cc1cc(Cl)c(C)c(Oc2c(C)cc(Cl)cc2C)n1. The van der Waals surface area contributed by atoms with Crippen molar-refractivity contribution in [2.45, 2.75) is 27.7 Å². The van der Waals surface area contributed by atoms with E-state index in [-0.39, 0.29) is 0 Å². The summed E-state index contributed by atoms with van der Waals surface area (Å²) in [5.74, 6) is 1.32. The highest BCUT2D eigenvalue weighted by atomic mass is 35.5. The molecule has 0 saturated heterocycles. The second-order valence-electron chi connectivity index (χ2n) is 4.65. The molecule has 1 aromatic carbocycles. The van der Waals surface area contributed by atoms with Crippen molar-refractivity contribution in [3.63, 3.8) is 0 Å². The molecule has 0 spiro atoms. The Labute approximate surface area is 123 Å². The van der Waals surface area contributed by atoms with E-state index in [0.717, 1.165) is 28.1 Å². The normalized spacial score (nSPS) is 10.6. The van der Waals surface area contributed by atoms with E-state index in [9.17, 15) is 0 Å². The minimum Gasteiger partial charge on any atom is -0.438 e. The summed E-state index contributed by atoms with van der Waals surface area (Å²) in [5, 5.41) is 1.36. The van der Waals surface area contributed by atoms with Crippen LogP contribution >= 0.6 is 23.2 Å². The first kappa shape index (κ1) is 14.2. The zero-order valence-electron chi connectivity index (χ0n) is 11.3. The highest BCUT2D eigenvalue weighted by Gasteiger charge is 2.12. The average Bonchev–Trinajstić information content (AvgIpc) is 2.29. The molecule has 0 bridgehead atoms. The molecule has 0 aliphatic rings. The van der Waals surface area contributed by atoms with E-state index in [4.69, 9.17) is 27.9 Å². The minimum absolute atomic E-state index is 0.540. The topological polar surface area (TPSA) is 22.1 Å². The molecule has 100 valence electrons. The molecule has 2 aromatic rings. The first-order valence-corrected chi connectivity index (χ1v) is 6.72. The van der Waals surface area contributed by atoms with Crippen LogP contribution in [0.4, 0.5) is 0 Å². The molecule has 0 N–H and O–H groups in total. The largest absolute Gasteiger partial charge is 0.438 e. The van der Waals surface area contributed by atoms with Crippen molar-refractivity contribution >= 4 is 23.2 Å². The molecule has 0 saturated carbocycles. The molecule has 0 radical (unpaired) electrons. The zero-order chi connectivity index (χ0) is 14.2. The Hall–Kier alpha value is -1.25. The maximum atomic E-state index is 6.15. The van der Waals surface area contributed by atoms with Crippen molar-refractivity contribution in [1.82, 2.24) is 4.98 Å². The van der Waals surface area contributed by atoms with Gasteiger partial charge in [0, 0.05) is 16.3 Å². The first-order valence-electron chi connectivity index (χ1n) is 5.97. The number of pyridine rings is 1. The number of ether oxygens (including phenoxy) is 1. The molecule has 19 heavy (non-hydrogen) atoms. The molecular formula is C15H15Cl2NO. The second-order valence-corrected chi connectivity index (χ2v) is 5.49. The van der Waals surface area contributed by atoms with Crippen LogP contribution in [0.3, 0.4) is 0 Å². The fourth-order valence-electron chi connectivity index (χ4n) is 1.92.